The van der Waals surface area contributed by atoms with Gasteiger partial charge in [0.05, 0.1) is 5.02 Å². The molecule has 1 aromatic carbocycles. The Balaban J connectivity index is 1.29. The molecule has 2 aliphatic rings. The second-order valence-electron chi connectivity index (χ2n) is 7.16. The Labute approximate surface area is 161 Å². The van der Waals surface area contributed by atoms with Gasteiger partial charge in [-0.25, -0.2) is 10.1 Å². The third-order valence-corrected chi connectivity index (χ3v) is 5.88. The van der Waals surface area contributed by atoms with Crippen molar-refractivity contribution in [1.82, 2.24) is 25.6 Å². The van der Waals surface area contributed by atoms with Crippen LogP contribution in [-0.2, 0) is 6.42 Å². The molecule has 5 rings (SSSR count). The van der Waals surface area contributed by atoms with Crippen LogP contribution in [0.2, 0.25) is 5.02 Å². The van der Waals surface area contributed by atoms with Crippen LogP contribution in [0.15, 0.2) is 36.5 Å². The maximum atomic E-state index is 6.44. The molecule has 0 amide bonds. The number of nitrogens with one attached hydrogen (secondary N) is 1. The van der Waals surface area contributed by atoms with E-state index in [1.165, 1.54) is 5.56 Å². The Morgan fingerprint density at radius 3 is 2.74 bits per heavy atom. The first kappa shape index (κ1) is 16.5. The molecule has 0 bridgehead atoms. The summed E-state index contributed by atoms with van der Waals surface area (Å²) < 4.78 is 6.44. The average molecular weight is 383 g/mol. The largest absolute Gasteiger partial charge is 0.485 e. The molecule has 8 heteroatoms. The summed E-state index contributed by atoms with van der Waals surface area (Å²) in [5, 5.41) is 14.6. The van der Waals surface area contributed by atoms with Crippen molar-refractivity contribution < 1.29 is 4.74 Å². The summed E-state index contributed by atoms with van der Waals surface area (Å²) in [5.74, 6) is 2.47. The Morgan fingerprint density at radius 1 is 1.11 bits per heavy atom. The molecule has 0 aliphatic carbocycles. The predicted octanol–water partition coefficient (Wildman–Crippen LogP) is 3.28. The van der Waals surface area contributed by atoms with Gasteiger partial charge in [-0.05, 0) is 47.0 Å². The highest BCUT2D eigenvalue weighted by atomic mass is 35.5. The molecular formula is C19H19ClN6O. The van der Waals surface area contributed by atoms with Crippen molar-refractivity contribution in [3.05, 3.63) is 47.1 Å². The molecule has 1 fully saturated rings. The van der Waals surface area contributed by atoms with Crippen LogP contribution in [0.4, 0.5) is 5.82 Å². The van der Waals surface area contributed by atoms with Gasteiger partial charge < -0.3 is 9.64 Å². The summed E-state index contributed by atoms with van der Waals surface area (Å²) in [7, 11) is 0. The van der Waals surface area contributed by atoms with Crippen LogP contribution >= 0.6 is 11.6 Å². The van der Waals surface area contributed by atoms with Crippen molar-refractivity contribution in [2.75, 3.05) is 18.0 Å². The van der Waals surface area contributed by atoms with E-state index in [0.717, 1.165) is 55.9 Å². The van der Waals surface area contributed by atoms with Crippen molar-refractivity contribution in [3.63, 3.8) is 0 Å². The highest BCUT2D eigenvalue weighted by Gasteiger charge is 2.40. The summed E-state index contributed by atoms with van der Waals surface area (Å²) in [6.07, 6.45) is 5.79. The topological polar surface area (TPSA) is 79.8 Å². The Morgan fingerprint density at radius 2 is 2.00 bits per heavy atom. The fourth-order valence-corrected chi connectivity index (χ4v) is 4.22. The molecule has 1 saturated heterocycles. The average Bonchev–Trinajstić information content (AvgIpc) is 3.25. The van der Waals surface area contributed by atoms with Crippen LogP contribution in [0, 0.1) is 0 Å². The smallest absolute Gasteiger partial charge is 0.180 e. The zero-order chi connectivity index (χ0) is 18.3. The monoisotopic (exact) mass is 382 g/mol. The number of rotatable bonds is 2. The number of halogens is 1. The molecular weight excluding hydrogens is 364 g/mol. The molecule has 2 aromatic heterocycles. The van der Waals surface area contributed by atoms with Crippen LogP contribution in [-0.4, -0.2) is 44.3 Å². The van der Waals surface area contributed by atoms with E-state index in [-0.39, 0.29) is 5.60 Å². The summed E-state index contributed by atoms with van der Waals surface area (Å²) in [5.41, 5.74) is 1.98. The lowest BCUT2D eigenvalue weighted by Crippen LogP contribution is -2.50. The number of hydrogen-bond donors (Lipinski definition) is 1. The van der Waals surface area contributed by atoms with Gasteiger partial charge in [0.2, 0.25) is 0 Å². The Kier molecular flexibility index (Phi) is 3.97. The van der Waals surface area contributed by atoms with Gasteiger partial charge in [-0.3, -0.25) is 0 Å². The summed E-state index contributed by atoms with van der Waals surface area (Å²) in [6.45, 7) is 1.83. The third-order valence-electron chi connectivity index (χ3n) is 5.58. The second-order valence-corrected chi connectivity index (χ2v) is 7.56. The van der Waals surface area contributed by atoms with Crippen molar-refractivity contribution in [2.45, 2.75) is 31.3 Å². The van der Waals surface area contributed by atoms with Crippen molar-refractivity contribution in [2.24, 2.45) is 0 Å². The number of nitrogens with zero attached hydrogens (tertiary/aromatic N) is 5. The van der Waals surface area contributed by atoms with Gasteiger partial charge in [-0.15, -0.1) is 5.10 Å². The minimum absolute atomic E-state index is 0.111. The number of tetrazole rings is 1. The molecule has 138 valence electrons. The minimum atomic E-state index is -0.111. The minimum Gasteiger partial charge on any atom is -0.485 e. The lowest BCUT2D eigenvalue weighted by Gasteiger charge is -2.45. The molecule has 3 aromatic rings. The van der Waals surface area contributed by atoms with E-state index in [1.54, 1.807) is 6.20 Å². The number of hydrogen-bond acceptors (Lipinski definition) is 6. The predicted molar refractivity (Wildman–Crippen MR) is 102 cm³/mol. The standard InChI is InChI=1S/C19H19ClN6O/c20-15-3-1-2-13-6-7-19(27-17(13)15)8-10-26(11-9-19)16-5-4-14(12-21-16)18-22-24-25-23-18/h1-5,12H,6-11H2,(H,22,23,24,25). The van der Waals surface area contributed by atoms with Crippen LogP contribution < -0.4 is 9.64 Å². The number of aromatic amines is 1. The summed E-state index contributed by atoms with van der Waals surface area (Å²) in [4.78, 5) is 6.90. The van der Waals surface area contributed by atoms with E-state index >= 15 is 0 Å². The zero-order valence-corrected chi connectivity index (χ0v) is 15.5. The van der Waals surface area contributed by atoms with Crippen molar-refractivity contribution in [3.8, 4) is 17.1 Å². The maximum absolute atomic E-state index is 6.44. The number of aryl methyl sites for hydroxylation is 1. The van der Waals surface area contributed by atoms with E-state index in [9.17, 15) is 0 Å². The van der Waals surface area contributed by atoms with E-state index in [4.69, 9.17) is 16.3 Å². The van der Waals surface area contributed by atoms with Gasteiger partial charge in [0, 0.05) is 37.7 Å². The number of pyridine rings is 1. The first-order valence-electron chi connectivity index (χ1n) is 9.14. The second kappa shape index (κ2) is 6.49. The Hall–Kier alpha value is -2.67. The molecule has 0 radical (unpaired) electrons. The number of benzene rings is 1. The van der Waals surface area contributed by atoms with Gasteiger partial charge in [-0.1, -0.05) is 23.7 Å². The van der Waals surface area contributed by atoms with Gasteiger partial charge in [0.25, 0.3) is 0 Å². The fraction of sp³-hybridized carbons (Fsp3) is 0.368. The van der Waals surface area contributed by atoms with Gasteiger partial charge in [-0.2, -0.15) is 0 Å². The molecule has 7 nitrogen and oxygen atoms in total. The first-order chi connectivity index (χ1) is 13.2. The number of H-pyrrole nitrogens is 1. The lowest BCUT2D eigenvalue weighted by atomic mass is 9.83. The normalized spacial score (nSPS) is 18.2. The molecule has 0 unspecified atom stereocenters. The van der Waals surface area contributed by atoms with Gasteiger partial charge >= 0.3 is 0 Å². The Bertz CT molecular complexity index is 935. The molecule has 0 atom stereocenters. The third kappa shape index (κ3) is 3.02. The van der Waals surface area contributed by atoms with Crippen LogP contribution in [0.3, 0.4) is 0 Å². The molecule has 4 heterocycles. The van der Waals surface area contributed by atoms with Crippen LogP contribution in [0.1, 0.15) is 24.8 Å². The number of piperidine rings is 1. The quantitative estimate of drug-likeness (QED) is 0.732. The van der Waals surface area contributed by atoms with Crippen molar-refractivity contribution >= 4 is 17.4 Å². The number of fused-ring (bicyclic) bond motifs is 1. The first-order valence-corrected chi connectivity index (χ1v) is 9.52. The molecule has 1 spiro atoms. The molecule has 0 saturated carbocycles. The SMILES string of the molecule is Clc1cccc2c1OC1(CC2)CCN(c2ccc(-c3nnn[nH]3)cn2)CC1. The lowest BCUT2D eigenvalue weighted by molar-refractivity contribution is 0.0226. The van der Waals surface area contributed by atoms with Crippen LogP contribution in [0.5, 0.6) is 5.75 Å². The molecule has 1 N–H and O–H groups in total. The highest BCUT2D eigenvalue weighted by Crippen LogP contribution is 2.43. The number of ether oxygens (including phenoxy) is 1. The fourth-order valence-electron chi connectivity index (χ4n) is 3.98. The molecule has 27 heavy (non-hydrogen) atoms. The van der Waals surface area contributed by atoms with E-state index in [0.29, 0.717) is 10.8 Å². The number of aromatic nitrogens is 5. The van der Waals surface area contributed by atoms with Gasteiger partial charge in [0.1, 0.15) is 17.2 Å². The maximum Gasteiger partial charge on any atom is 0.180 e. The van der Waals surface area contributed by atoms with Gasteiger partial charge in [0.15, 0.2) is 5.82 Å². The van der Waals surface area contributed by atoms with Crippen LogP contribution in [0.25, 0.3) is 11.4 Å². The zero-order valence-electron chi connectivity index (χ0n) is 14.7. The number of para-hydroxylation sites is 1. The van der Waals surface area contributed by atoms with Crippen molar-refractivity contribution in [1.29, 1.82) is 0 Å². The molecule has 2 aliphatic heterocycles. The van der Waals surface area contributed by atoms with E-state index in [1.807, 2.05) is 24.3 Å². The number of anilines is 1. The summed E-state index contributed by atoms with van der Waals surface area (Å²) >= 11 is 6.36. The highest BCUT2D eigenvalue weighted by molar-refractivity contribution is 6.32. The summed E-state index contributed by atoms with van der Waals surface area (Å²) in [6, 6.07) is 10.0. The van der Waals surface area contributed by atoms with E-state index in [2.05, 4.69) is 36.6 Å². The van der Waals surface area contributed by atoms with E-state index < -0.39 is 0 Å².